The third kappa shape index (κ3) is 2.54. The van der Waals surface area contributed by atoms with E-state index in [0.717, 1.165) is 11.3 Å². The summed E-state index contributed by atoms with van der Waals surface area (Å²) in [7, 11) is 2.00. The van der Waals surface area contributed by atoms with E-state index in [-0.39, 0.29) is 12.1 Å². The maximum atomic E-state index is 9.36. The Morgan fingerprint density at radius 2 is 2.00 bits per heavy atom. The molecule has 0 heterocycles. The van der Waals surface area contributed by atoms with E-state index in [1.807, 2.05) is 27.0 Å². The van der Waals surface area contributed by atoms with Crippen molar-refractivity contribution in [3.05, 3.63) is 29.3 Å². The van der Waals surface area contributed by atoms with Crippen molar-refractivity contribution in [3.8, 4) is 0 Å². The molecule has 0 atom stereocenters. The van der Waals surface area contributed by atoms with Crippen LogP contribution in [0.1, 0.15) is 25.0 Å². The van der Waals surface area contributed by atoms with Crippen LogP contribution in [-0.2, 0) is 6.54 Å². The monoisotopic (exact) mass is 222 g/mol. The number of aliphatic hydroxyl groups is 1. The molecule has 0 bridgehead atoms. The first-order valence-corrected chi connectivity index (χ1v) is 5.56. The van der Waals surface area contributed by atoms with E-state index < -0.39 is 0 Å². The average molecular weight is 222 g/mol. The first kappa shape index (κ1) is 13.0. The summed E-state index contributed by atoms with van der Waals surface area (Å²) in [6.45, 7) is 6.79. The van der Waals surface area contributed by atoms with Crippen LogP contribution in [0, 0.1) is 6.92 Å². The summed E-state index contributed by atoms with van der Waals surface area (Å²) >= 11 is 0. The number of hydrogen-bond acceptors (Lipinski definition) is 3. The number of likely N-dealkylation sites (N-methyl/N-ethyl adjacent to an activating group) is 1. The highest BCUT2D eigenvalue weighted by atomic mass is 16.3. The summed E-state index contributed by atoms with van der Waals surface area (Å²) in [6, 6.07) is 6.19. The summed E-state index contributed by atoms with van der Waals surface area (Å²) < 4.78 is 0. The highest BCUT2D eigenvalue weighted by molar-refractivity contribution is 5.55. The molecule has 90 valence electrons. The zero-order valence-electron chi connectivity index (χ0n) is 10.6. The molecule has 0 unspecified atom stereocenters. The maximum Gasteiger partial charge on any atom is 0.0658 e. The van der Waals surface area contributed by atoms with E-state index in [1.54, 1.807) is 0 Å². The third-order valence-electron chi connectivity index (χ3n) is 3.15. The lowest BCUT2D eigenvalue weighted by Crippen LogP contribution is -2.44. The van der Waals surface area contributed by atoms with Crippen LogP contribution in [0.25, 0.3) is 0 Å². The molecule has 1 aromatic rings. The number of nitrogens with two attached hydrogens (primary N) is 1. The highest BCUT2D eigenvalue weighted by Crippen LogP contribution is 2.26. The summed E-state index contributed by atoms with van der Waals surface area (Å²) in [5, 5.41) is 9.36. The molecule has 0 radical (unpaired) electrons. The molecule has 3 nitrogen and oxygen atoms in total. The fraction of sp³-hybridized carbons (Fsp3) is 0.538. The van der Waals surface area contributed by atoms with Gasteiger partial charge in [-0.3, -0.25) is 0 Å². The van der Waals surface area contributed by atoms with E-state index in [0.29, 0.717) is 6.54 Å². The van der Waals surface area contributed by atoms with Crippen molar-refractivity contribution in [3.63, 3.8) is 0 Å². The number of rotatable bonds is 4. The fourth-order valence-corrected chi connectivity index (χ4v) is 1.65. The number of nitrogens with zero attached hydrogens (tertiary/aromatic N) is 1. The fourth-order valence-electron chi connectivity index (χ4n) is 1.65. The number of aryl methyl sites for hydroxylation is 1. The number of hydrogen-bond donors (Lipinski definition) is 2. The van der Waals surface area contributed by atoms with Gasteiger partial charge in [-0.15, -0.1) is 0 Å². The molecule has 1 aromatic carbocycles. The number of benzene rings is 1. The van der Waals surface area contributed by atoms with Gasteiger partial charge in [-0.25, -0.2) is 0 Å². The second-order valence-electron chi connectivity index (χ2n) is 4.85. The normalized spacial score (nSPS) is 11.6. The molecule has 0 amide bonds. The Balaban J connectivity index is 3.05. The maximum absolute atomic E-state index is 9.36. The van der Waals surface area contributed by atoms with Crippen LogP contribution in [0.5, 0.6) is 0 Å². The molecule has 0 aliphatic carbocycles. The van der Waals surface area contributed by atoms with Crippen LogP contribution >= 0.6 is 0 Å². The van der Waals surface area contributed by atoms with E-state index in [4.69, 9.17) is 5.73 Å². The van der Waals surface area contributed by atoms with Crippen LogP contribution in [0.15, 0.2) is 18.2 Å². The quantitative estimate of drug-likeness (QED) is 0.814. The van der Waals surface area contributed by atoms with Gasteiger partial charge in [0.25, 0.3) is 0 Å². The van der Waals surface area contributed by atoms with Gasteiger partial charge in [-0.1, -0.05) is 12.1 Å². The Bertz CT molecular complexity index is 361. The SMILES string of the molecule is Cc1cc(CN)ccc1N(C)C(C)(C)CO. The number of aliphatic hydroxyl groups excluding tert-OH is 1. The zero-order valence-corrected chi connectivity index (χ0v) is 10.6. The molecule has 3 N–H and O–H groups in total. The van der Waals surface area contributed by atoms with Crippen molar-refractivity contribution < 1.29 is 5.11 Å². The molecule has 0 saturated heterocycles. The van der Waals surface area contributed by atoms with Crippen molar-refractivity contribution in [2.45, 2.75) is 32.9 Å². The lowest BCUT2D eigenvalue weighted by molar-refractivity contribution is 0.216. The Hall–Kier alpha value is -1.06. The van der Waals surface area contributed by atoms with Crippen LogP contribution in [0.2, 0.25) is 0 Å². The van der Waals surface area contributed by atoms with Gasteiger partial charge in [-0.05, 0) is 38.0 Å². The zero-order chi connectivity index (χ0) is 12.3. The van der Waals surface area contributed by atoms with Gasteiger partial charge in [0.1, 0.15) is 0 Å². The summed E-state index contributed by atoms with van der Waals surface area (Å²) in [5.74, 6) is 0. The molecule has 0 aliphatic rings. The molecule has 0 spiro atoms. The first-order valence-electron chi connectivity index (χ1n) is 5.56. The van der Waals surface area contributed by atoms with Crippen LogP contribution in [0.4, 0.5) is 5.69 Å². The van der Waals surface area contributed by atoms with Crippen molar-refractivity contribution in [2.75, 3.05) is 18.6 Å². The van der Waals surface area contributed by atoms with Crippen LogP contribution < -0.4 is 10.6 Å². The standard InChI is InChI=1S/C13H22N2O/c1-10-7-11(8-14)5-6-12(10)15(4)13(2,3)9-16/h5-7,16H,8-9,14H2,1-4H3. The Morgan fingerprint density at radius 3 is 2.44 bits per heavy atom. The minimum Gasteiger partial charge on any atom is -0.394 e. The minimum atomic E-state index is -0.255. The molecule has 0 fully saturated rings. The molecule has 1 rings (SSSR count). The molecular formula is C13H22N2O. The topological polar surface area (TPSA) is 49.5 Å². The second-order valence-corrected chi connectivity index (χ2v) is 4.85. The van der Waals surface area contributed by atoms with Gasteiger partial charge in [0.15, 0.2) is 0 Å². The van der Waals surface area contributed by atoms with Gasteiger partial charge in [0, 0.05) is 19.3 Å². The van der Waals surface area contributed by atoms with Crippen molar-refractivity contribution in [1.29, 1.82) is 0 Å². The predicted molar refractivity (Wildman–Crippen MR) is 68.6 cm³/mol. The highest BCUT2D eigenvalue weighted by Gasteiger charge is 2.23. The van der Waals surface area contributed by atoms with E-state index in [1.165, 1.54) is 5.56 Å². The Kier molecular flexibility index (Phi) is 3.94. The summed E-state index contributed by atoms with van der Waals surface area (Å²) in [5.41, 5.74) is 8.81. The lowest BCUT2D eigenvalue weighted by atomic mass is 10.0. The summed E-state index contributed by atoms with van der Waals surface area (Å²) in [6.07, 6.45) is 0. The second kappa shape index (κ2) is 4.85. The lowest BCUT2D eigenvalue weighted by Gasteiger charge is -2.37. The van der Waals surface area contributed by atoms with Gasteiger partial charge >= 0.3 is 0 Å². The van der Waals surface area contributed by atoms with E-state index in [9.17, 15) is 5.11 Å². The summed E-state index contributed by atoms with van der Waals surface area (Å²) in [4.78, 5) is 2.10. The molecule has 3 heteroatoms. The molecule has 16 heavy (non-hydrogen) atoms. The van der Waals surface area contributed by atoms with Gasteiger partial charge in [0.05, 0.1) is 12.1 Å². The minimum absolute atomic E-state index is 0.127. The molecule has 0 aliphatic heterocycles. The van der Waals surface area contributed by atoms with Gasteiger partial charge in [0.2, 0.25) is 0 Å². The van der Waals surface area contributed by atoms with Crippen molar-refractivity contribution in [2.24, 2.45) is 5.73 Å². The third-order valence-corrected chi connectivity index (χ3v) is 3.15. The largest absolute Gasteiger partial charge is 0.394 e. The Labute approximate surface area is 97.9 Å². The molecule has 0 aromatic heterocycles. The predicted octanol–water partition coefficient (Wildman–Crippen LogP) is 1.66. The van der Waals surface area contributed by atoms with Crippen LogP contribution in [0.3, 0.4) is 0 Å². The van der Waals surface area contributed by atoms with E-state index >= 15 is 0 Å². The first-order chi connectivity index (χ1) is 7.42. The van der Waals surface area contributed by atoms with Gasteiger partial charge in [-0.2, -0.15) is 0 Å². The van der Waals surface area contributed by atoms with Crippen LogP contribution in [-0.4, -0.2) is 24.3 Å². The molecule has 0 saturated carbocycles. The van der Waals surface area contributed by atoms with E-state index in [2.05, 4.69) is 24.0 Å². The van der Waals surface area contributed by atoms with Crippen molar-refractivity contribution in [1.82, 2.24) is 0 Å². The molecular weight excluding hydrogens is 200 g/mol. The number of anilines is 1. The smallest absolute Gasteiger partial charge is 0.0658 e. The average Bonchev–Trinajstić information content (AvgIpc) is 2.28. The Morgan fingerprint density at radius 1 is 1.38 bits per heavy atom. The van der Waals surface area contributed by atoms with Crippen molar-refractivity contribution >= 4 is 5.69 Å². The van der Waals surface area contributed by atoms with Gasteiger partial charge < -0.3 is 15.7 Å².